The number of hydrogen-bond acceptors (Lipinski definition) is 8. The molecule has 0 radical (unpaired) electrons. The highest BCUT2D eigenvalue weighted by Crippen LogP contribution is 2.36. The molecule has 0 N–H and O–H groups in total. The molecule has 5 aromatic rings. The van der Waals surface area contributed by atoms with Gasteiger partial charge in [0.15, 0.2) is 0 Å². The summed E-state index contributed by atoms with van der Waals surface area (Å²) >= 11 is 4.78. The van der Waals surface area contributed by atoms with Gasteiger partial charge < -0.3 is 0 Å². The number of aromatic nitrogens is 6. The molecule has 10 heteroatoms. The predicted molar refractivity (Wildman–Crippen MR) is 115 cm³/mol. The minimum absolute atomic E-state index is 0.0402. The molecular weight excluding hydrogens is 412 g/mol. The molecule has 0 bridgehead atoms. The van der Waals surface area contributed by atoms with Crippen molar-refractivity contribution in [1.29, 1.82) is 0 Å². The van der Waals surface area contributed by atoms with E-state index in [0.717, 1.165) is 32.4 Å². The second-order valence-electron chi connectivity index (χ2n) is 6.58. The Labute approximate surface area is 172 Å². The monoisotopic (exact) mass is 428 g/mol. The molecule has 0 saturated carbocycles. The van der Waals surface area contributed by atoms with Crippen molar-refractivity contribution < 1.29 is 0 Å². The van der Waals surface area contributed by atoms with Crippen molar-refractivity contribution in [3.63, 3.8) is 0 Å². The van der Waals surface area contributed by atoms with E-state index in [1.807, 2.05) is 22.8 Å². The Morgan fingerprint density at radius 3 is 2.82 bits per heavy atom. The molecular formula is C18H16N6OS3. The van der Waals surface area contributed by atoms with E-state index in [2.05, 4.69) is 34.0 Å². The van der Waals surface area contributed by atoms with Crippen molar-refractivity contribution in [2.45, 2.75) is 31.6 Å². The van der Waals surface area contributed by atoms with Gasteiger partial charge in [-0.25, -0.2) is 9.97 Å². The summed E-state index contributed by atoms with van der Waals surface area (Å²) in [6.07, 6.45) is 0. The predicted octanol–water partition coefficient (Wildman–Crippen LogP) is 3.86. The van der Waals surface area contributed by atoms with Gasteiger partial charge in [-0.3, -0.25) is 13.8 Å². The van der Waals surface area contributed by atoms with E-state index in [4.69, 9.17) is 0 Å². The zero-order chi connectivity index (χ0) is 19.6. The fourth-order valence-corrected chi connectivity index (χ4v) is 6.33. The third-order valence-corrected chi connectivity index (χ3v) is 7.81. The average molecular weight is 429 g/mol. The minimum atomic E-state index is -0.0402. The zero-order valence-electron chi connectivity index (χ0n) is 15.7. The summed E-state index contributed by atoms with van der Waals surface area (Å²) in [5.74, 6) is 2.72. The van der Waals surface area contributed by atoms with Gasteiger partial charge in [0.25, 0.3) is 5.56 Å². The Morgan fingerprint density at radius 2 is 2.00 bits per heavy atom. The lowest BCUT2D eigenvalue weighted by Gasteiger charge is -2.06. The van der Waals surface area contributed by atoms with Crippen LogP contribution in [0.25, 0.3) is 26.2 Å². The first-order valence-electron chi connectivity index (χ1n) is 8.63. The maximum atomic E-state index is 12.5. The van der Waals surface area contributed by atoms with Gasteiger partial charge >= 0.3 is 0 Å². The molecule has 5 heterocycles. The fraction of sp³-hybridized carbons (Fsp3) is 0.278. The summed E-state index contributed by atoms with van der Waals surface area (Å²) in [5.41, 5.74) is 2.05. The fourth-order valence-electron chi connectivity index (χ4n) is 3.30. The summed E-state index contributed by atoms with van der Waals surface area (Å²) < 4.78 is 4.24. The molecule has 0 amide bonds. The van der Waals surface area contributed by atoms with Crippen molar-refractivity contribution in [2.24, 2.45) is 7.05 Å². The lowest BCUT2D eigenvalue weighted by Crippen LogP contribution is -2.19. The van der Waals surface area contributed by atoms with Gasteiger partial charge in [0.05, 0.1) is 11.3 Å². The maximum Gasteiger partial charge on any atom is 0.272 e. The smallest absolute Gasteiger partial charge is 0.272 e. The van der Waals surface area contributed by atoms with Crippen molar-refractivity contribution in [3.05, 3.63) is 43.9 Å². The Hall–Kier alpha value is -2.30. The summed E-state index contributed by atoms with van der Waals surface area (Å²) in [7, 11) is 1.73. The van der Waals surface area contributed by atoms with Crippen LogP contribution in [0.2, 0.25) is 0 Å². The first kappa shape index (κ1) is 17.8. The van der Waals surface area contributed by atoms with Crippen LogP contribution < -0.4 is 5.56 Å². The van der Waals surface area contributed by atoms with Gasteiger partial charge in [-0.2, -0.15) is 0 Å². The molecule has 0 aromatic carbocycles. The SMILES string of the molecule is Cc1nc(SCc2nnc3n(C)c(=O)c4sccc4n23)c2c(C)c(C)sc2n1. The molecule has 0 saturated heterocycles. The van der Waals surface area contributed by atoms with Crippen molar-refractivity contribution in [1.82, 2.24) is 29.1 Å². The van der Waals surface area contributed by atoms with E-state index in [-0.39, 0.29) is 5.56 Å². The van der Waals surface area contributed by atoms with Gasteiger partial charge in [-0.05, 0) is 37.8 Å². The Morgan fingerprint density at radius 1 is 1.18 bits per heavy atom. The Balaban J connectivity index is 1.63. The minimum Gasteiger partial charge on any atom is -0.279 e. The van der Waals surface area contributed by atoms with E-state index in [1.165, 1.54) is 21.8 Å². The summed E-state index contributed by atoms with van der Waals surface area (Å²) in [6.45, 7) is 6.16. The summed E-state index contributed by atoms with van der Waals surface area (Å²) in [5, 5.41) is 12.6. The van der Waals surface area contributed by atoms with Crippen molar-refractivity contribution in [3.8, 4) is 0 Å². The molecule has 28 heavy (non-hydrogen) atoms. The van der Waals surface area contributed by atoms with E-state index in [9.17, 15) is 4.79 Å². The molecule has 0 aliphatic heterocycles. The lowest BCUT2D eigenvalue weighted by molar-refractivity contribution is 0.860. The Bertz CT molecular complexity index is 1440. The van der Waals surface area contributed by atoms with Crippen LogP contribution in [-0.4, -0.2) is 29.1 Å². The molecule has 7 nitrogen and oxygen atoms in total. The van der Waals surface area contributed by atoms with Crippen molar-refractivity contribution >= 4 is 60.6 Å². The van der Waals surface area contributed by atoms with Crippen LogP contribution >= 0.6 is 34.4 Å². The lowest BCUT2D eigenvalue weighted by atomic mass is 10.2. The van der Waals surface area contributed by atoms with Crippen LogP contribution in [0.4, 0.5) is 0 Å². The molecule has 5 rings (SSSR count). The van der Waals surface area contributed by atoms with Gasteiger partial charge in [0, 0.05) is 17.3 Å². The van der Waals surface area contributed by atoms with Gasteiger partial charge in [-0.15, -0.1) is 32.9 Å². The zero-order valence-corrected chi connectivity index (χ0v) is 18.1. The second kappa shape index (κ2) is 6.36. The van der Waals surface area contributed by atoms with Gasteiger partial charge in [0.2, 0.25) is 5.78 Å². The topological polar surface area (TPSA) is 78.0 Å². The van der Waals surface area contributed by atoms with Crippen LogP contribution in [0.5, 0.6) is 0 Å². The third kappa shape index (κ3) is 2.51. The van der Waals surface area contributed by atoms with E-state index in [0.29, 0.717) is 16.2 Å². The van der Waals surface area contributed by atoms with E-state index in [1.54, 1.807) is 34.7 Å². The first-order valence-corrected chi connectivity index (χ1v) is 11.3. The normalized spacial score (nSPS) is 12.0. The molecule has 0 unspecified atom stereocenters. The molecule has 0 atom stereocenters. The quantitative estimate of drug-likeness (QED) is 0.321. The Kier molecular flexibility index (Phi) is 4.04. The van der Waals surface area contributed by atoms with Crippen LogP contribution in [0.15, 0.2) is 21.3 Å². The second-order valence-corrected chi connectivity index (χ2v) is 9.66. The molecule has 0 spiro atoms. The molecule has 142 valence electrons. The van der Waals surface area contributed by atoms with E-state index >= 15 is 0 Å². The largest absolute Gasteiger partial charge is 0.279 e. The maximum absolute atomic E-state index is 12.5. The highest BCUT2D eigenvalue weighted by molar-refractivity contribution is 7.98. The number of aryl methyl sites for hydroxylation is 4. The van der Waals surface area contributed by atoms with Crippen molar-refractivity contribution in [2.75, 3.05) is 0 Å². The average Bonchev–Trinajstić information content (AvgIpc) is 3.35. The highest BCUT2D eigenvalue weighted by atomic mass is 32.2. The number of nitrogens with zero attached hydrogens (tertiary/aromatic N) is 6. The summed E-state index contributed by atoms with van der Waals surface area (Å²) in [4.78, 5) is 24.1. The molecule has 0 aliphatic carbocycles. The van der Waals surface area contributed by atoms with Crippen LogP contribution in [0, 0.1) is 20.8 Å². The summed E-state index contributed by atoms with van der Waals surface area (Å²) in [6, 6.07) is 1.95. The number of thiophene rings is 2. The number of thioether (sulfide) groups is 1. The van der Waals surface area contributed by atoms with Crippen LogP contribution in [-0.2, 0) is 12.8 Å². The highest BCUT2D eigenvalue weighted by Gasteiger charge is 2.18. The van der Waals surface area contributed by atoms with E-state index < -0.39 is 0 Å². The molecule has 0 aliphatic rings. The molecule has 5 aromatic heterocycles. The standard InChI is InChI=1S/C18H16N6OS3/c1-8-9(2)28-16-13(8)15(19-10(3)20-16)27-7-12-21-22-18-23(4)17(25)14-11(24(12)18)5-6-26-14/h5-6H,7H2,1-4H3. The third-order valence-electron chi connectivity index (χ3n) is 4.84. The number of rotatable bonds is 3. The van der Waals surface area contributed by atoms with Gasteiger partial charge in [-0.1, -0.05) is 11.8 Å². The van der Waals surface area contributed by atoms with Crippen LogP contribution in [0.3, 0.4) is 0 Å². The number of fused-ring (bicyclic) bond motifs is 4. The first-order chi connectivity index (χ1) is 13.5. The molecule has 0 fully saturated rings. The number of hydrogen-bond donors (Lipinski definition) is 0. The van der Waals surface area contributed by atoms with Gasteiger partial charge in [0.1, 0.15) is 26.2 Å². The van der Waals surface area contributed by atoms with Crippen LogP contribution in [0.1, 0.15) is 22.1 Å².